The summed E-state index contributed by atoms with van der Waals surface area (Å²) in [6.45, 7) is 7.89. The van der Waals surface area contributed by atoms with Crippen molar-refractivity contribution in [2.75, 3.05) is 5.33 Å². The van der Waals surface area contributed by atoms with Crippen molar-refractivity contribution in [2.45, 2.75) is 65.8 Å². The van der Waals surface area contributed by atoms with Crippen molar-refractivity contribution >= 4 is 15.9 Å². The smallest absolute Gasteiger partial charge is 0.108 e. The molecule has 0 N–H and O–H groups in total. The Morgan fingerprint density at radius 1 is 1.17 bits per heavy atom. The summed E-state index contributed by atoms with van der Waals surface area (Å²) in [4.78, 5) is 4.49. The lowest BCUT2D eigenvalue weighted by Crippen LogP contribution is -2.29. The maximum Gasteiger partial charge on any atom is 0.108 e. The first-order valence-electron chi connectivity index (χ1n) is 7.27. The zero-order valence-electron chi connectivity index (χ0n) is 12.1. The van der Waals surface area contributed by atoms with E-state index in [2.05, 4.69) is 52.4 Å². The van der Waals surface area contributed by atoms with Gasteiger partial charge in [-0.05, 0) is 24.7 Å². The number of aryl methyl sites for hydroxylation is 1. The molecule has 1 heterocycles. The molecule has 0 saturated heterocycles. The highest BCUT2D eigenvalue weighted by molar-refractivity contribution is 9.09. The van der Waals surface area contributed by atoms with E-state index in [9.17, 15) is 0 Å². The average molecular weight is 315 g/mol. The van der Waals surface area contributed by atoms with E-state index in [-0.39, 0.29) is 0 Å². The van der Waals surface area contributed by atoms with Gasteiger partial charge in [0.05, 0.1) is 0 Å². The van der Waals surface area contributed by atoms with Crippen LogP contribution in [-0.2, 0) is 13.0 Å². The molecule has 0 saturated carbocycles. The Bertz CT molecular complexity index is 327. The summed E-state index contributed by atoms with van der Waals surface area (Å²) in [6, 6.07) is 0. The van der Waals surface area contributed by atoms with Crippen molar-refractivity contribution < 1.29 is 0 Å². The van der Waals surface area contributed by atoms with Gasteiger partial charge in [0.1, 0.15) is 5.82 Å². The Labute approximate surface area is 120 Å². The SMILES string of the molecule is CCCc1nccn1CC(CBr)(CCC)CCC. The zero-order valence-corrected chi connectivity index (χ0v) is 13.7. The maximum absolute atomic E-state index is 4.49. The highest BCUT2D eigenvalue weighted by Crippen LogP contribution is 2.34. The van der Waals surface area contributed by atoms with Gasteiger partial charge in [-0.25, -0.2) is 4.98 Å². The second kappa shape index (κ2) is 7.98. The molecule has 0 fully saturated rings. The van der Waals surface area contributed by atoms with Gasteiger partial charge in [0, 0.05) is 30.7 Å². The van der Waals surface area contributed by atoms with E-state index in [1.807, 2.05) is 6.20 Å². The first-order chi connectivity index (χ1) is 8.71. The summed E-state index contributed by atoms with van der Waals surface area (Å²) in [5.74, 6) is 1.25. The minimum absolute atomic E-state index is 0.396. The van der Waals surface area contributed by atoms with Gasteiger partial charge in [-0.3, -0.25) is 0 Å². The van der Waals surface area contributed by atoms with E-state index in [0.29, 0.717) is 5.41 Å². The number of alkyl halides is 1. The van der Waals surface area contributed by atoms with Crippen LogP contribution < -0.4 is 0 Å². The molecule has 0 radical (unpaired) electrons. The zero-order chi connectivity index (χ0) is 13.4. The monoisotopic (exact) mass is 314 g/mol. The Morgan fingerprint density at radius 2 is 1.83 bits per heavy atom. The van der Waals surface area contributed by atoms with Gasteiger partial charge in [0.25, 0.3) is 0 Å². The topological polar surface area (TPSA) is 17.8 Å². The summed E-state index contributed by atoms with van der Waals surface area (Å²) < 4.78 is 2.37. The minimum Gasteiger partial charge on any atom is -0.334 e. The van der Waals surface area contributed by atoms with Crippen LogP contribution >= 0.6 is 15.9 Å². The van der Waals surface area contributed by atoms with Gasteiger partial charge in [-0.15, -0.1) is 0 Å². The molecule has 1 rings (SSSR count). The summed E-state index contributed by atoms with van der Waals surface area (Å²) in [7, 11) is 0. The fourth-order valence-electron chi connectivity index (χ4n) is 2.82. The van der Waals surface area contributed by atoms with E-state index < -0.39 is 0 Å². The second-order valence-corrected chi connectivity index (χ2v) is 5.92. The molecule has 3 heteroatoms. The van der Waals surface area contributed by atoms with E-state index in [0.717, 1.165) is 18.3 Å². The quantitative estimate of drug-likeness (QED) is 0.598. The van der Waals surface area contributed by atoms with Gasteiger partial charge < -0.3 is 4.57 Å². The Balaban J connectivity index is 2.83. The van der Waals surface area contributed by atoms with Crippen molar-refractivity contribution in [1.82, 2.24) is 9.55 Å². The van der Waals surface area contributed by atoms with Gasteiger partial charge >= 0.3 is 0 Å². The molecule has 2 nitrogen and oxygen atoms in total. The van der Waals surface area contributed by atoms with Crippen molar-refractivity contribution in [3.8, 4) is 0 Å². The van der Waals surface area contributed by atoms with Crippen LogP contribution in [-0.4, -0.2) is 14.9 Å². The molecule has 1 aromatic heterocycles. The lowest BCUT2D eigenvalue weighted by atomic mass is 9.81. The van der Waals surface area contributed by atoms with E-state index in [4.69, 9.17) is 0 Å². The first kappa shape index (κ1) is 15.7. The number of hydrogen-bond donors (Lipinski definition) is 0. The number of imidazole rings is 1. The molecule has 0 aliphatic heterocycles. The molecule has 104 valence electrons. The average Bonchev–Trinajstić information content (AvgIpc) is 2.77. The molecular weight excluding hydrogens is 288 g/mol. The van der Waals surface area contributed by atoms with Crippen LogP contribution in [0.2, 0.25) is 0 Å². The van der Waals surface area contributed by atoms with Crippen molar-refractivity contribution in [2.24, 2.45) is 5.41 Å². The minimum atomic E-state index is 0.396. The molecule has 0 spiro atoms. The molecule has 18 heavy (non-hydrogen) atoms. The van der Waals surface area contributed by atoms with Crippen molar-refractivity contribution in [3.05, 3.63) is 18.2 Å². The predicted octanol–water partition coefficient (Wildman–Crippen LogP) is 4.82. The largest absolute Gasteiger partial charge is 0.334 e. The van der Waals surface area contributed by atoms with Crippen molar-refractivity contribution in [3.63, 3.8) is 0 Å². The standard InChI is InChI=1S/C15H27BrN2/c1-4-7-14-17-10-11-18(14)13-15(12-16,8-5-2)9-6-3/h10-11H,4-9,12-13H2,1-3H3. The van der Waals surface area contributed by atoms with Gasteiger partial charge in [-0.2, -0.15) is 0 Å². The summed E-state index contributed by atoms with van der Waals surface area (Å²) in [5, 5.41) is 1.09. The fraction of sp³-hybridized carbons (Fsp3) is 0.800. The number of halogens is 1. The highest BCUT2D eigenvalue weighted by Gasteiger charge is 2.28. The number of hydrogen-bond acceptors (Lipinski definition) is 1. The van der Waals surface area contributed by atoms with Crippen molar-refractivity contribution in [1.29, 1.82) is 0 Å². The fourth-order valence-corrected chi connectivity index (χ4v) is 3.55. The molecule has 0 aliphatic rings. The second-order valence-electron chi connectivity index (χ2n) is 5.36. The predicted molar refractivity (Wildman–Crippen MR) is 82.3 cm³/mol. The maximum atomic E-state index is 4.49. The lowest BCUT2D eigenvalue weighted by molar-refractivity contribution is 0.230. The summed E-state index contributed by atoms with van der Waals surface area (Å²) >= 11 is 3.75. The molecule has 0 bridgehead atoms. The van der Waals surface area contributed by atoms with Crippen LogP contribution in [0, 0.1) is 5.41 Å². The van der Waals surface area contributed by atoms with E-state index in [1.165, 1.54) is 37.9 Å². The summed E-state index contributed by atoms with van der Waals surface area (Å²) in [6.07, 6.45) is 11.4. The van der Waals surface area contributed by atoms with Crippen LogP contribution in [0.3, 0.4) is 0 Å². The lowest BCUT2D eigenvalue weighted by Gasteiger charge is -2.32. The molecule has 0 amide bonds. The van der Waals surface area contributed by atoms with Crippen LogP contribution in [0.4, 0.5) is 0 Å². The van der Waals surface area contributed by atoms with E-state index >= 15 is 0 Å². The molecule has 0 aromatic carbocycles. The van der Waals surface area contributed by atoms with Gasteiger partial charge in [0.15, 0.2) is 0 Å². The molecular formula is C15H27BrN2. The third-order valence-corrected chi connectivity index (χ3v) is 4.81. The molecule has 0 aliphatic carbocycles. The van der Waals surface area contributed by atoms with Gasteiger partial charge in [-0.1, -0.05) is 49.5 Å². The van der Waals surface area contributed by atoms with E-state index in [1.54, 1.807) is 0 Å². The third kappa shape index (κ3) is 4.11. The third-order valence-electron chi connectivity index (χ3n) is 3.63. The Kier molecular flexibility index (Phi) is 6.98. The molecule has 1 aromatic rings. The summed E-state index contributed by atoms with van der Waals surface area (Å²) in [5.41, 5.74) is 0.396. The normalized spacial score (nSPS) is 12.0. The Morgan fingerprint density at radius 3 is 2.33 bits per heavy atom. The Hall–Kier alpha value is -0.310. The number of rotatable bonds is 9. The molecule has 0 atom stereocenters. The van der Waals surface area contributed by atoms with Crippen LogP contribution in [0.5, 0.6) is 0 Å². The van der Waals surface area contributed by atoms with Crippen LogP contribution in [0.25, 0.3) is 0 Å². The first-order valence-corrected chi connectivity index (χ1v) is 8.39. The molecule has 0 unspecified atom stereocenters. The van der Waals surface area contributed by atoms with Crippen LogP contribution in [0.1, 0.15) is 58.7 Å². The van der Waals surface area contributed by atoms with Gasteiger partial charge in [0.2, 0.25) is 0 Å². The van der Waals surface area contributed by atoms with Crippen LogP contribution in [0.15, 0.2) is 12.4 Å². The number of aromatic nitrogens is 2. The highest BCUT2D eigenvalue weighted by atomic mass is 79.9. The number of nitrogens with zero attached hydrogens (tertiary/aromatic N) is 2.